The molecule has 1 fully saturated rings. The molecule has 1 atom stereocenters. The molecule has 1 heterocycles. The van der Waals surface area contributed by atoms with E-state index in [9.17, 15) is 4.79 Å². The summed E-state index contributed by atoms with van der Waals surface area (Å²) in [5, 5.41) is 2.73. The van der Waals surface area contributed by atoms with Crippen molar-refractivity contribution in [1.29, 1.82) is 0 Å². The van der Waals surface area contributed by atoms with E-state index < -0.39 is 0 Å². The molecule has 0 radical (unpaired) electrons. The lowest BCUT2D eigenvalue weighted by atomic mass is 10.2. The molecule has 8 heavy (non-hydrogen) atoms. The highest BCUT2D eigenvalue weighted by Gasteiger charge is 2.31. The van der Waals surface area contributed by atoms with Gasteiger partial charge in [0, 0.05) is 0 Å². The molecule has 0 aliphatic carbocycles. The van der Waals surface area contributed by atoms with Crippen molar-refractivity contribution in [2.75, 3.05) is 0 Å². The first-order valence-corrected chi connectivity index (χ1v) is 3.15. The normalized spacial score (nSPS) is 25.1. The Morgan fingerprint density at radius 1 is 1.75 bits per heavy atom. The summed E-state index contributed by atoms with van der Waals surface area (Å²) in [5.74, 6) is 0.235. The Hall–Kier alpha value is -0.530. The Morgan fingerprint density at radius 3 is 2.75 bits per heavy atom. The Morgan fingerprint density at radius 2 is 2.38 bits per heavy atom. The number of hydrogen-bond acceptors (Lipinski definition) is 1. The maximum absolute atomic E-state index is 10.3. The van der Waals surface area contributed by atoms with Crippen LogP contribution in [-0.2, 0) is 4.79 Å². The number of carbonyl (C=O) groups is 1. The standard InChI is InChI=1S/C6H11NO/c1-2-3-4-5-6(8)7-5/h5H,2-4H2,1H3,(H,7,8)/t5-/m1/s1. The minimum Gasteiger partial charge on any atom is -0.343 e. The van der Waals surface area contributed by atoms with E-state index in [2.05, 4.69) is 12.2 Å². The Balaban J connectivity index is 1.97. The average Bonchev–Trinajstić information content (AvgIpc) is 2.42. The summed E-state index contributed by atoms with van der Waals surface area (Å²) >= 11 is 0. The molecule has 0 saturated carbocycles. The fourth-order valence-corrected chi connectivity index (χ4v) is 0.742. The molecule has 0 unspecified atom stereocenters. The van der Waals surface area contributed by atoms with E-state index in [1.165, 1.54) is 12.8 Å². The lowest BCUT2D eigenvalue weighted by Crippen LogP contribution is -1.88. The molecule has 46 valence electrons. The minimum atomic E-state index is 0.231. The van der Waals surface area contributed by atoms with E-state index in [-0.39, 0.29) is 11.9 Å². The van der Waals surface area contributed by atoms with Crippen molar-refractivity contribution < 1.29 is 4.79 Å². The molecule has 0 aromatic carbocycles. The van der Waals surface area contributed by atoms with Crippen LogP contribution in [0.1, 0.15) is 26.2 Å². The van der Waals surface area contributed by atoms with Gasteiger partial charge in [-0.2, -0.15) is 0 Å². The quantitative estimate of drug-likeness (QED) is 0.537. The first kappa shape index (κ1) is 5.60. The fraction of sp³-hybridized carbons (Fsp3) is 0.833. The van der Waals surface area contributed by atoms with Gasteiger partial charge in [-0.15, -0.1) is 0 Å². The van der Waals surface area contributed by atoms with E-state index in [1.807, 2.05) is 0 Å². The molecular formula is C6H11NO. The summed E-state index contributed by atoms with van der Waals surface area (Å²) in [6.45, 7) is 2.13. The van der Waals surface area contributed by atoms with Crippen LogP contribution in [0.15, 0.2) is 0 Å². The Kier molecular flexibility index (Phi) is 1.51. The van der Waals surface area contributed by atoms with Gasteiger partial charge in [0.25, 0.3) is 0 Å². The van der Waals surface area contributed by atoms with Crippen LogP contribution in [0, 0.1) is 0 Å². The highest BCUT2D eigenvalue weighted by atomic mass is 16.2. The molecule has 0 aromatic rings. The lowest BCUT2D eigenvalue weighted by molar-refractivity contribution is -0.111. The number of amides is 1. The van der Waals surface area contributed by atoms with Crippen LogP contribution >= 0.6 is 0 Å². The van der Waals surface area contributed by atoms with Crippen LogP contribution < -0.4 is 5.32 Å². The van der Waals surface area contributed by atoms with Crippen molar-refractivity contribution in [3.05, 3.63) is 0 Å². The molecule has 1 rings (SSSR count). The zero-order valence-corrected chi connectivity index (χ0v) is 5.11. The third-order valence-electron chi connectivity index (χ3n) is 1.40. The molecule has 1 aliphatic rings. The van der Waals surface area contributed by atoms with Crippen LogP contribution in [0.4, 0.5) is 0 Å². The fourth-order valence-electron chi connectivity index (χ4n) is 0.742. The van der Waals surface area contributed by atoms with Gasteiger partial charge in [0.2, 0.25) is 5.91 Å². The second-order valence-electron chi connectivity index (χ2n) is 2.20. The molecule has 0 bridgehead atoms. The van der Waals surface area contributed by atoms with Crippen molar-refractivity contribution in [2.45, 2.75) is 32.2 Å². The number of hydrogen-bond donors (Lipinski definition) is 1. The van der Waals surface area contributed by atoms with Gasteiger partial charge < -0.3 is 5.32 Å². The largest absolute Gasteiger partial charge is 0.343 e. The number of unbranched alkanes of at least 4 members (excludes halogenated alkanes) is 1. The predicted octanol–water partition coefficient (Wildman–Crippen LogP) is 0.675. The molecule has 0 aromatic heterocycles. The van der Waals surface area contributed by atoms with Gasteiger partial charge in [0.05, 0.1) is 0 Å². The lowest BCUT2D eigenvalue weighted by Gasteiger charge is -1.86. The van der Waals surface area contributed by atoms with E-state index in [1.54, 1.807) is 0 Å². The van der Waals surface area contributed by atoms with Crippen LogP contribution in [0.5, 0.6) is 0 Å². The Bertz CT molecular complexity index is 101. The summed E-state index contributed by atoms with van der Waals surface area (Å²) < 4.78 is 0. The number of rotatable bonds is 3. The molecular weight excluding hydrogens is 102 g/mol. The van der Waals surface area contributed by atoms with Crippen molar-refractivity contribution in [3.63, 3.8) is 0 Å². The topological polar surface area (TPSA) is 39.0 Å². The van der Waals surface area contributed by atoms with Gasteiger partial charge in [-0.1, -0.05) is 19.8 Å². The SMILES string of the molecule is CCCC[C@H]1NC1=O. The molecule has 2 nitrogen and oxygen atoms in total. The third kappa shape index (κ3) is 1.22. The summed E-state index contributed by atoms with van der Waals surface area (Å²) in [6, 6.07) is 0.231. The van der Waals surface area contributed by atoms with Crippen LogP contribution in [-0.4, -0.2) is 11.9 Å². The molecule has 1 aliphatic heterocycles. The molecule has 1 amide bonds. The molecule has 1 saturated heterocycles. The highest BCUT2D eigenvalue weighted by Crippen LogP contribution is 2.08. The summed E-state index contributed by atoms with van der Waals surface area (Å²) in [6.07, 6.45) is 3.39. The van der Waals surface area contributed by atoms with E-state index in [0.717, 1.165) is 6.42 Å². The van der Waals surface area contributed by atoms with Crippen molar-refractivity contribution in [2.24, 2.45) is 0 Å². The molecule has 2 heteroatoms. The first-order valence-electron chi connectivity index (χ1n) is 3.15. The minimum absolute atomic E-state index is 0.231. The number of nitrogens with one attached hydrogen (secondary N) is 1. The monoisotopic (exact) mass is 113 g/mol. The predicted molar refractivity (Wildman–Crippen MR) is 31.5 cm³/mol. The van der Waals surface area contributed by atoms with Crippen molar-refractivity contribution >= 4 is 5.91 Å². The van der Waals surface area contributed by atoms with Crippen molar-refractivity contribution in [1.82, 2.24) is 5.32 Å². The highest BCUT2D eigenvalue weighted by molar-refractivity contribution is 5.96. The molecule has 0 spiro atoms. The summed E-state index contributed by atoms with van der Waals surface area (Å²) in [4.78, 5) is 10.3. The second kappa shape index (κ2) is 2.16. The number of carbonyl (C=O) groups excluding carboxylic acids is 1. The van der Waals surface area contributed by atoms with Crippen LogP contribution in [0.25, 0.3) is 0 Å². The van der Waals surface area contributed by atoms with E-state index in [0.29, 0.717) is 0 Å². The zero-order valence-electron chi connectivity index (χ0n) is 5.11. The van der Waals surface area contributed by atoms with Gasteiger partial charge in [-0.3, -0.25) is 4.79 Å². The van der Waals surface area contributed by atoms with Crippen LogP contribution in [0.2, 0.25) is 0 Å². The Labute approximate surface area is 49.3 Å². The van der Waals surface area contributed by atoms with Gasteiger partial charge in [0.15, 0.2) is 0 Å². The van der Waals surface area contributed by atoms with Crippen LogP contribution in [0.3, 0.4) is 0 Å². The van der Waals surface area contributed by atoms with E-state index >= 15 is 0 Å². The summed E-state index contributed by atoms with van der Waals surface area (Å²) in [5.41, 5.74) is 0. The van der Waals surface area contributed by atoms with Gasteiger partial charge in [0.1, 0.15) is 6.04 Å². The average molecular weight is 113 g/mol. The second-order valence-corrected chi connectivity index (χ2v) is 2.20. The smallest absolute Gasteiger partial charge is 0.243 e. The third-order valence-corrected chi connectivity index (χ3v) is 1.40. The van der Waals surface area contributed by atoms with Gasteiger partial charge >= 0.3 is 0 Å². The zero-order chi connectivity index (χ0) is 5.98. The maximum atomic E-state index is 10.3. The first-order chi connectivity index (χ1) is 3.84. The van der Waals surface area contributed by atoms with Crippen molar-refractivity contribution in [3.8, 4) is 0 Å². The molecule has 1 N–H and O–H groups in total. The van der Waals surface area contributed by atoms with Gasteiger partial charge in [-0.05, 0) is 6.42 Å². The van der Waals surface area contributed by atoms with Gasteiger partial charge in [-0.25, -0.2) is 0 Å². The maximum Gasteiger partial charge on any atom is 0.243 e. The summed E-state index contributed by atoms with van der Waals surface area (Å²) in [7, 11) is 0. The van der Waals surface area contributed by atoms with E-state index in [4.69, 9.17) is 0 Å².